The van der Waals surface area contributed by atoms with Gasteiger partial charge in [0.1, 0.15) is 5.78 Å². The average Bonchev–Trinajstić information content (AvgIpc) is 2.82. The first-order chi connectivity index (χ1) is 16.1. The number of hydrogen-bond donors (Lipinski definition) is 0. The van der Waals surface area contributed by atoms with Gasteiger partial charge in [-0.05, 0) is 41.8 Å². The van der Waals surface area contributed by atoms with Crippen molar-refractivity contribution in [3.05, 3.63) is 70.2 Å². The number of nitriles is 1. The zero-order chi connectivity index (χ0) is 23.7. The summed E-state index contributed by atoms with van der Waals surface area (Å²) >= 11 is 6.22. The van der Waals surface area contributed by atoms with E-state index in [0.29, 0.717) is 17.0 Å². The molecular weight excluding hydrogens is 426 g/mol. The number of rotatable bonds is 17. The van der Waals surface area contributed by atoms with Crippen LogP contribution in [0.4, 0.5) is 0 Å². The van der Waals surface area contributed by atoms with Crippen LogP contribution in [0.5, 0.6) is 0 Å². The fraction of sp³-hybridized carbons (Fsp3) is 0.533. The molecule has 0 spiro atoms. The summed E-state index contributed by atoms with van der Waals surface area (Å²) < 4.78 is 0. The van der Waals surface area contributed by atoms with Crippen LogP contribution in [0.2, 0.25) is 5.02 Å². The summed E-state index contributed by atoms with van der Waals surface area (Å²) in [6.07, 6.45) is 17.0. The van der Waals surface area contributed by atoms with Crippen LogP contribution in [0.1, 0.15) is 113 Å². The number of benzene rings is 2. The third-order valence-corrected chi connectivity index (χ3v) is 6.68. The van der Waals surface area contributed by atoms with Crippen molar-refractivity contribution in [2.24, 2.45) is 0 Å². The molecule has 178 valence electrons. The second-order valence-electron chi connectivity index (χ2n) is 9.24. The molecule has 0 saturated heterocycles. The summed E-state index contributed by atoms with van der Waals surface area (Å²) in [5, 5.41) is 9.66. The zero-order valence-corrected chi connectivity index (χ0v) is 21.1. The van der Waals surface area contributed by atoms with Gasteiger partial charge in [0.05, 0.1) is 11.6 Å². The minimum atomic E-state index is -0.123. The lowest BCUT2D eigenvalue weighted by Gasteiger charge is -2.17. The monoisotopic (exact) mass is 465 g/mol. The normalized spacial score (nSPS) is 11.8. The maximum absolute atomic E-state index is 13.2. The number of hydrogen-bond acceptors (Lipinski definition) is 2. The van der Waals surface area contributed by atoms with Crippen LogP contribution in [0.15, 0.2) is 48.5 Å². The highest BCUT2D eigenvalue weighted by Crippen LogP contribution is 2.28. The average molecular weight is 466 g/mol. The first-order valence-electron chi connectivity index (χ1n) is 12.9. The van der Waals surface area contributed by atoms with Gasteiger partial charge in [-0.25, -0.2) is 0 Å². The summed E-state index contributed by atoms with van der Waals surface area (Å²) in [5.41, 5.74) is 2.60. The lowest BCUT2D eigenvalue weighted by atomic mass is 9.86. The zero-order valence-electron chi connectivity index (χ0n) is 20.3. The van der Waals surface area contributed by atoms with Crippen molar-refractivity contribution in [1.82, 2.24) is 0 Å². The molecule has 0 heterocycles. The second kappa shape index (κ2) is 16.5. The van der Waals surface area contributed by atoms with Crippen molar-refractivity contribution >= 4 is 17.4 Å². The van der Waals surface area contributed by atoms with E-state index >= 15 is 0 Å². The van der Waals surface area contributed by atoms with Crippen LogP contribution >= 0.6 is 11.6 Å². The quantitative estimate of drug-likeness (QED) is 0.218. The van der Waals surface area contributed by atoms with Gasteiger partial charge in [0, 0.05) is 17.4 Å². The number of ketones is 1. The van der Waals surface area contributed by atoms with Gasteiger partial charge >= 0.3 is 0 Å². The van der Waals surface area contributed by atoms with E-state index in [9.17, 15) is 4.79 Å². The Hall–Kier alpha value is -2.11. The third-order valence-electron chi connectivity index (χ3n) is 6.45. The van der Waals surface area contributed by atoms with Crippen LogP contribution in [-0.2, 0) is 11.2 Å². The number of nitrogens with zero attached hydrogens (tertiary/aromatic N) is 1. The van der Waals surface area contributed by atoms with E-state index in [4.69, 9.17) is 16.9 Å². The van der Waals surface area contributed by atoms with Crippen LogP contribution in [0, 0.1) is 11.3 Å². The van der Waals surface area contributed by atoms with E-state index in [1.54, 1.807) is 12.1 Å². The van der Waals surface area contributed by atoms with Crippen LogP contribution in [0.25, 0.3) is 0 Å². The molecule has 0 aromatic heterocycles. The van der Waals surface area contributed by atoms with E-state index in [1.807, 2.05) is 36.4 Å². The Labute approximate surface area is 206 Å². The highest BCUT2D eigenvalue weighted by molar-refractivity contribution is 6.30. The maximum Gasteiger partial charge on any atom is 0.144 e. The molecule has 0 radical (unpaired) electrons. The van der Waals surface area contributed by atoms with Gasteiger partial charge in [0.25, 0.3) is 0 Å². The second-order valence-corrected chi connectivity index (χ2v) is 9.67. The van der Waals surface area contributed by atoms with Crippen molar-refractivity contribution < 1.29 is 4.79 Å². The van der Waals surface area contributed by atoms with Crippen molar-refractivity contribution in [3.8, 4) is 6.07 Å². The van der Waals surface area contributed by atoms with E-state index in [1.165, 1.54) is 70.6 Å². The van der Waals surface area contributed by atoms with Crippen molar-refractivity contribution in [3.63, 3.8) is 0 Å². The first kappa shape index (κ1) is 27.1. The minimum absolute atomic E-state index is 0.123. The number of unbranched alkanes of at least 4 members (excludes halogenated alkanes) is 11. The fourth-order valence-corrected chi connectivity index (χ4v) is 4.65. The van der Waals surface area contributed by atoms with Gasteiger partial charge in [-0.2, -0.15) is 5.26 Å². The SMILES string of the molecule is CCCCCCCCCCCCCCC(C(=O)Cc1ccc(C#N)cc1)c1cccc(Cl)c1. The highest BCUT2D eigenvalue weighted by atomic mass is 35.5. The molecule has 33 heavy (non-hydrogen) atoms. The van der Waals surface area contributed by atoms with E-state index in [0.717, 1.165) is 24.0 Å². The smallest absolute Gasteiger partial charge is 0.144 e. The number of Topliss-reactive ketones (excluding diaryl/α,β-unsaturated/α-hetero) is 1. The van der Waals surface area contributed by atoms with Gasteiger partial charge < -0.3 is 0 Å². The molecule has 2 nitrogen and oxygen atoms in total. The Morgan fingerprint density at radius 3 is 1.97 bits per heavy atom. The Kier molecular flexibility index (Phi) is 13.6. The highest BCUT2D eigenvalue weighted by Gasteiger charge is 2.20. The molecule has 1 unspecified atom stereocenters. The topological polar surface area (TPSA) is 40.9 Å². The Morgan fingerprint density at radius 2 is 1.42 bits per heavy atom. The number of halogens is 1. The molecule has 0 aliphatic carbocycles. The van der Waals surface area contributed by atoms with Gasteiger partial charge in [-0.3, -0.25) is 4.79 Å². The summed E-state index contributed by atoms with van der Waals surface area (Å²) in [7, 11) is 0. The predicted molar refractivity (Wildman–Crippen MR) is 140 cm³/mol. The molecule has 0 aliphatic rings. The van der Waals surface area contributed by atoms with Crippen LogP contribution in [-0.4, -0.2) is 5.78 Å². The van der Waals surface area contributed by atoms with Gasteiger partial charge in [0.15, 0.2) is 0 Å². The molecule has 0 aliphatic heterocycles. The molecule has 2 aromatic carbocycles. The molecule has 0 fully saturated rings. The molecule has 1 atom stereocenters. The summed E-state index contributed by atoms with van der Waals surface area (Å²) in [6, 6.07) is 17.2. The lowest BCUT2D eigenvalue weighted by molar-refractivity contribution is -0.120. The predicted octanol–water partition coefficient (Wildman–Crippen LogP) is 9.20. The van der Waals surface area contributed by atoms with E-state index in [-0.39, 0.29) is 11.7 Å². The molecule has 0 amide bonds. The maximum atomic E-state index is 13.2. The number of carbonyl (C=O) groups is 1. The standard InChI is InChI=1S/C30H40ClNO/c1-2-3-4-5-6-7-8-9-10-11-12-13-17-29(27-15-14-16-28(31)23-27)30(33)22-25-18-20-26(24-32)21-19-25/h14-16,18-21,23,29H,2-13,17,22H2,1H3. The molecule has 3 heteroatoms. The van der Waals surface area contributed by atoms with Gasteiger partial charge in [-0.15, -0.1) is 0 Å². The van der Waals surface area contributed by atoms with Crippen molar-refractivity contribution in [1.29, 1.82) is 5.26 Å². The molecule has 2 aromatic rings. The number of carbonyl (C=O) groups excluding carboxylic acids is 1. The van der Waals surface area contributed by atoms with Crippen LogP contribution < -0.4 is 0 Å². The van der Waals surface area contributed by atoms with E-state index < -0.39 is 0 Å². The van der Waals surface area contributed by atoms with Gasteiger partial charge in [0.2, 0.25) is 0 Å². The molecule has 2 rings (SSSR count). The van der Waals surface area contributed by atoms with Crippen molar-refractivity contribution in [2.45, 2.75) is 103 Å². The molecule has 0 bridgehead atoms. The largest absolute Gasteiger partial charge is 0.299 e. The summed E-state index contributed by atoms with van der Waals surface area (Å²) in [6.45, 7) is 2.27. The Balaban J connectivity index is 1.76. The third kappa shape index (κ3) is 11.0. The Morgan fingerprint density at radius 1 is 0.848 bits per heavy atom. The van der Waals surface area contributed by atoms with Crippen LogP contribution in [0.3, 0.4) is 0 Å². The van der Waals surface area contributed by atoms with Gasteiger partial charge in [-0.1, -0.05) is 120 Å². The molecular formula is C30H40ClNO. The fourth-order valence-electron chi connectivity index (χ4n) is 4.45. The Bertz CT molecular complexity index is 852. The van der Waals surface area contributed by atoms with Crippen molar-refractivity contribution in [2.75, 3.05) is 0 Å². The van der Waals surface area contributed by atoms with E-state index in [2.05, 4.69) is 13.0 Å². The molecule has 0 saturated carbocycles. The summed E-state index contributed by atoms with van der Waals surface area (Å²) in [4.78, 5) is 13.2. The first-order valence-corrected chi connectivity index (χ1v) is 13.3. The summed E-state index contributed by atoms with van der Waals surface area (Å²) in [5.74, 6) is 0.104. The minimum Gasteiger partial charge on any atom is -0.299 e. The lowest BCUT2D eigenvalue weighted by Crippen LogP contribution is -2.15. The molecule has 0 N–H and O–H groups in total.